The number of carbonyl (C=O) groups is 1. The van der Waals surface area contributed by atoms with Crippen LogP contribution < -0.4 is 21.3 Å². The molecule has 0 saturated carbocycles. The Morgan fingerprint density at radius 1 is 1.14 bits per heavy atom. The molecule has 0 bridgehead atoms. The summed E-state index contributed by atoms with van der Waals surface area (Å²) in [5.41, 5.74) is 4.98. The number of amides is 1. The number of anilines is 2. The highest BCUT2D eigenvalue weighted by Crippen LogP contribution is 2.26. The van der Waals surface area contributed by atoms with Gasteiger partial charge in [-0.1, -0.05) is 75.2 Å². The van der Waals surface area contributed by atoms with Crippen LogP contribution in [0.1, 0.15) is 11.1 Å². The van der Waals surface area contributed by atoms with Crippen LogP contribution in [0.5, 0.6) is 5.75 Å². The summed E-state index contributed by atoms with van der Waals surface area (Å²) in [4.78, 5) is 12.3. The Morgan fingerprint density at radius 2 is 1.97 bits per heavy atom. The number of benzene rings is 3. The number of hydrogen-bond acceptors (Lipinski definition) is 8. The third-order valence-corrected chi connectivity index (χ3v) is 6.77. The fourth-order valence-electron chi connectivity index (χ4n) is 3.03. The topological polar surface area (TPSA) is 119 Å². The minimum Gasteiger partial charge on any atom is -0.488 e. The van der Waals surface area contributed by atoms with Gasteiger partial charge in [0.1, 0.15) is 12.4 Å². The highest BCUT2D eigenvalue weighted by atomic mass is 79.9. The second-order valence-electron chi connectivity index (χ2n) is 7.46. The second-order valence-corrected chi connectivity index (χ2v) is 10.2. The largest absolute Gasteiger partial charge is 0.488 e. The molecule has 190 valence electrons. The SMILES string of the molecule is Nn1c(N/N=C/c2ccccc2OCc2cccc(Br)c2)nnc1SCC(=O)Nc1cc(Cl)ccc1Cl. The molecule has 0 aliphatic rings. The number of halogens is 3. The summed E-state index contributed by atoms with van der Waals surface area (Å²) in [6, 6.07) is 20.2. The van der Waals surface area contributed by atoms with E-state index in [1.807, 2.05) is 48.5 Å². The number of hydrazone groups is 1. The minimum atomic E-state index is -0.302. The number of nitrogens with two attached hydrogens (primary N) is 1. The van der Waals surface area contributed by atoms with Crippen LogP contribution in [-0.4, -0.2) is 32.7 Å². The molecule has 3 aromatic carbocycles. The molecule has 0 radical (unpaired) electrons. The van der Waals surface area contributed by atoms with Crippen molar-refractivity contribution in [1.29, 1.82) is 0 Å². The average molecular weight is 621 g/mol. The Hall–Kier alpha value is -3.25. The molecule has 1 aromatic heterocycles. The lowest BCUT2D eigenvalue weighted by Crippen LogP contribution is -2.17. The van der Waals surface area contributed by atoms with Crippen molar-refractivity contribution in [1.82, 2.24) is 14.9 Å². The Bertz CT molecular complexity index is 1430. The Balaban J connectivity index is 1.32. The molecule has 4 aromatic rings. The van der Waals surface area contributed by atoms with E-state index in [1.54, 1.807) is 24.4 Å². The van der Waals surface area contributed by atoms with E-state index in [2.05, 4.69) is 42.0 Å². The number of ether oxygens (including phenoxy) is 1. The molecule has 0 atom stereocenters. The van der Waals surface area contributed by atoms with Crippen LogP contribution in [0.2, 0.25) is 10.0 Å². The third-order valence-electron chi connectivity index (χ3n) is 4.77. The molecule has 0 spiro atoms. The van der Waals surface area contributed by atoms with Crippen molar-refractivity contribution in [2.45, 2.75) is 11.8 Å². The number of aromatic nitrogens is 3. The molecule has 1 amide bonds. The second kappa shape index (κ2) is 12.8. The number of rotatable bonds is 10. The normalized spacial score (nSPS) is 11.0. The first-order valence-electron chi connectivity index (χ1n) is 10.7. The first-order valence-corrected chi connectivity index (χ1v) is 13.3. The molecule has 4 rings (SSSR count). The van der Waals surface area contributed by atoms with Gasteiger partial charge in [-0.25, -0.2) is 10.1 Å². The Morgan fingerprint density at radius 3 is 2.81 bits per heavy atom. The van der Waals surface area contributed by atoms with Crippen LogP contribution in [0.4, 0.5) is 11.6 Å². The number of para-hydroxylation sites is 1. The van der Waals surface area contributed by atoms with Gasteiger partial charge in [0.15, 0.2) is 0 Å². The van der Waals surface area contributed by atoms with Gasteiger partial charge in [0.2, 0.25) is 11.1 Å². The molecule has 9 nitrogen and oxygen atoms in total. The summed E-state index contributed by atoms with van der Waals surface area (Å²) < 4.78 is 8.16. The van der Waals surface area contributed by atoms with Crippen molar-refractivity contribution in [3.63, 3.8) is 0 Å². The maximum atomic E-state index is 12.3. The zero-order valence-electron chi connectivity index (χ0n) is 19.1. The molecule has 37 heavy (non-hydrogen) atoms. The maximum Gasteiger partial charge on any atom is 0.264 e. The molecule has 0 aliphatic heterocycles. The van der Waals surface area contributed by atoms with Crippen molar-refractivity contribution in [3.05, 3.63) is 92.4 Å². The van der Waals surface area contributed by atoms with Crippen LogP contribution in [0.3, 0.4) is 0 Å². The van der Waals surface area contributed by atoms with E-state index in [9.17, 15) is 4.79 Å². The first kappa shape index (κ1) is 26.8. The Kier molecular flexibility index (Phi) is 9.29. The van der Waals surface area contributed by atoms with Gasteiger partial charge in [0, 0.05) is 15.1 Å². The van der Waals surface area contributed by atoms with Crippen molar-refractivity contribution < 1.29 is 9.53 Å². The van der Waals surface area contributed by atoms with Crippen LogP contribution in [0.15, 0.2) is 81.5 Å². The molecular weight excluding hydrogens is 601 g/mol. The molecule has 13 heteroatoms. The zero-order chi connectivity index (χ0) is 26.2. The average Bonchev–Trinajstić information content (AvgIpc) is 3.23. The zero-order valence-corrected chi connectivity index (χ0v) is 23.0. The summed E-state index contributed by atoms with van der Waals surface area (Å²) in [5, 5.41) is 16.0. The van der Waals surface area contributed by atoms with Crippen molar-refractivity contribution in [2.75, 3.05) is 22.3 Å². The number of nitrogens with zero attached hydrogens (tertiary/aromatic N) is 4. The quantitative estimate of drug-likeness (QED) is 0.0885. The summed E-state index contributed by atoms with van der Waals surface area (Å²) in [5.74, 6) is 6.65. The smallest absolute Gasteiger partial charge is 0.264 e. The fraction of sp³-hybridized carbons (Fsp3) is 0.0833. The van der Waals surface area contributed by atoms with E-state index in [0.717, 1.165) is 27.4 Å². The minimum absolute atomic E-state index is 0.0319. The highest BCUT2D eigenvalue weighted by molar-refractivity contribution is 9.10. The van der Waals surface area contributed by atoms with Gasteiger partial charge in [0.25, 0.3) is 5.95 Å². The van der Waals surface area contributed by atoms with E-state index in [1.165, 1.54) is 4.68 Å². The van der Waals surface area contributed by atoms with Crippen LogP contribution >= 0.6 is 50.9 Å². The first-order chi connectivity index (χ1) is 17.9. The van der Waals surface area contributed by atoms with Gasteiger partial charge in [0.05, 0.1) is 22.7 Å². The third kappa shape index (κ3) is 7.62. The molecule has 4 N–H and O–H groups in total. The van der Waals surface area contributed by atoms with Crippen LogP contribution in [-0.2, 0) is 11.4 Å². The molecule has 0 unspecified atom stereocenters. The van der Waals surface area contributed by atoms with Gasteiger partial charge in [-0.05, 0) is 48.0 Å². The van der Waals surface area contributed by atoms with E-state index < -0.39 is 0 Å². The lowest BCUT2D eigenvalue weighted by Gasteiger charge is -2.09. The number of nitrogens with one attached hydrogen (secondary N) is 2. The lowest BCUT2D eigenvalue weighted by atomic mass is 10.2. The lowest BCUT2D eigenvalue weighted by molar-refractivity contribution is -0.113. The predicted octanol–water partition coefficient (Wildman–Crippen LogP) is 5.82. The van der Waals surface area contributed by atoms with E-state index in [4.69, 9.17) is 33.8 Å². The summed E-state index contributed by atoms with van der Waals surface area (Å²) in [6.45, 7) is 0.409. The monoisotopic (exact) mass is 619 g/mol. The van der Waals surface area contributed by atoms with Crippen LogP contribution in [0.25, 0.3) is 0 Å². The summed E-state index contributed by atoms with van der Waals surface area (Å²) in [7, 11) is 0. The standard InChI is InChI=1S/C24H20BrCl2N7O2S/c25-17-6-3-4-15(10-17)13-36-21-7-2-1-5-16(21)12-29-31-23-32-33-24(34(23)28)37-14-22(35)30-20-11-18(26)8-9-19(20)27/h1-12H,13-14,28H2,(H,30,35)(H,31,32)/b29-12+. The number of carbonyl (C=O) groups excluding carboxylic acids is 1. The predicted molar refractivity (Wildman–Crippen MR) is 152 cm³/mol. The van der Waals surface area contributed by atoms with E-state index >= 15 is 0 Å². The number of hydrogen-bond donors (Lipinski definition) is 3. The Labute approximate surface area is 235 Å². The molecule has 0 fully saturated rings. The van der Waals surface area contributed by atoms with Crippen LogP contribution in [0, 0.1) is 0 Å². The molecule has 0 aliphatic carbocycles. The highest BCUT2D eigenvalue weighted by Gasteiger charge is 2.13. The van der Waals surface area contributed by atoms with Crippen molar-refractivity contribution in [3.8, 4) is 5.75 Å². The van der Waals surface area contributed by atoms with Gasteiger partial charge < -0.3 is 15.9 Å². The van der Waals surface area contributed by atoms with Crippen molar-refractivity contribution in [2.24, 2.45) is 5.10 Å². The van der Waals surface area contributed by atoms with Gasteiger partial charge >= 0.3 is 0 Å². The van der Waals surface area contributed by atoms with E-state index in [-0.39, 0.29) is 17.6 Å². The molecule has 0 saturated heterocycles. The molecule has 1 heterocycles. The number of thioether (sulfide) groups is 1. The van der Waals surface area contributed by atoms with Gasteiger partial charge in [-0.3, -0.25) is 4.79 Å². The summed E-state index contributed by atoms with van der Waals surface area (Å²) >= 11 is 16.6. The number of nitrogen functional groups attached to an aromatic ring is 1. The maximum absolute atomic E-state index is 12.3. The van der Waals surface area contributed by atoms with Crippen molar-refractivity contribution >= 4 is 74.7 Å². The summed E-state index contributed by atoms with van der Waals surface area (Å²) in [6.07, 6.45) is 1.60. The van der Waals surface area contributed by atoms with E-state index in [0.29, 0.717) is 33.2 Å². The van der Waals surface area contributed by atoms with Gasteiger partial charge in [-0.2, -0.15) is 5.10 Å². The fourth-order valence-corrected chi connectivity index (χ4v) is 4.47. The molecular formula is C24H20BrCl2N7O2S. The van der Waals surface area contributed by atoms with Gasteiger partial charge in [-0.15, -0.1) is 10.2 Å².